The lowest BCUT2D eigenvalue weighted by atomic mass is 9.80. The molecule has 0 radical (unpaired) electrons. The maximum atomic E-state index is 11.3. The average molecular weight is 372 g/mol. The first kappa shape index (κ1) is 15.4. The second-order valence-corrected chi connectivity index (χ2v) is 7.91. The van der Waals surface area contributed by atoms with Crippen molar-refractivity contribution in [3.8, 4) is 0 Å². The molecule has 120 valence electrons. The van der Waals surface area contributed by atoms with Gasteiger partial charge in [0.15, 0.2) is 0 Å². The van der Waals surface area contributed by atoms with Crippen molar-refractivity contribution in [3.63, 3.8) is 0 Å². The van der Waals surface area contributed by atoms with Crippen molar-refractivity contribution < 1.29 is 5.11 Å². The number of aliphatic hydroxyl groups is 1. The third-order valence-electron chi connectivity index (χ3n) is 5.49. The number of halogens is 1. The molecule has 2 atom stereocenters. The van der Waals surface area contributed by atoms with Gasteiger partial charge in [-0.15, -0.1) is 0 Å². The fraction of sp³-hybridized carbons (Fsp3) is 0.400. The minimum atomic E-state index is -0.678. The first-order valence-electron chi connectivity index (χ1n) is 8.42. The standard InChI is InChI=1S/C20H22BrNO/c21-17-8-4-7-16(11-17)20(23)12-18-9-10-19(13-20)22(18)14-15-5-2-1-3-6-15/h1-8,11,18-19,23H,9-10,12-14H2. The number of nitrogens with zero attached hydrogens (tertiary/aromatic N) is 1. The van der Waals surface area contributed by atoms with E-state index in [2.05, 4.69) is 63.3 Å². The molecule has 0 aliphatic carbocycles. The molecule has 0 amide bonds. The Morgan fingerprint density at radius 3 is 2.35 bits per heavy atom. The summed E-state index contributed by atoms with van der Waals surface area (Å²) in [5, 5.41) is 11.3. The third-order valence-corrected chi connectivity index (χ3v) is 5.98. The molecule has 2 nitrogen and oxygen atoms in total. The quantitative estimate of drug-likeness (QED) is 0.860. The number of benzene rings is 2. The van der Waals surface area contributed by atoms with Gasteiger partial charge in [-0.25, -0.2) is 0 Å². The Hall–Kier alpha value is -1.16. The molecule has 2 aliphatic heterocycles. The average Bonchev–Trinajstić information content (AvgIpc) is 2.80. The van der Waals surface area contributed by atoms with Gasteiger partial charge in [-0.05, 0) is 48.9 Å². The molecule has 2 aromatic rings. The Morgan fingerprint density at radius 2 is 1.70 bits per heavy atom. The van der Waals surface area contributed by atoms with E-state index in [1.54, 1.807) is 0 Å². The maximum absolute atomic E-state index is 11.3. The Bertz CT molecular complexity index is 673. The molecule has 0 aromatic heterocycles. The highest BCUT2D eigenvalue weighted by molar-refractivity contribution is 9.10. The van der Waals surface area contributed by atoms with Crippen LogP contribution >= 0.6 is 15.9 Å². The van der Waals surface area contributed by atoms with Crippen LogP contribution in [0.5, 0.6) is 0 Å². The summed E-state index contributed by atoms with van der Waals surface area (Å²) in [5.74, 6) is 0. The summed E-state index contributed by atoms with van der Waals surface area (Å²) in [5.41, 5.74) is 1.75. The van der Waals surface area contributed by atoms with Gasteiger partial charge in [0.05, 0.1) is 5.60 Å². The molecule has 0 spiro atoms. The zero-order chi connectivity index (χ0) is 15.9. The van der Waals surface area contributed by atoms with E-state index in [1.165, 1.54) is 18.4 Å². The highest BCUT2D eigenvalue weighted by Crippen LogP contribution is 2.46. The zero-order valence-electron chi connectivity index (χ0n) is 13.2. The van der Waals surface area contributed by atoms with Crippen molar-refractivity contribution in [1.82, 2.24) is 4.90 Å². The first-order valence-corrected chi connectivity index (χ1v) is 9.21. The fourth-order valence-corrected chi connectivity index (χ4v) is 4.78. The van der Waals surface area contributed by atoms with E-state index < -0.39 is 5.60 Å². The van der Waals surface area contributed by atoms with Crippen LogP contribution in [0.2, 0.25) is 0 Å². The number of hydrogen-bond donors (Lipinski definition) is 1. The third kappa shape index (κ3) is 2.98. The Balaban J connectivity index is 1.55. The summed E-state index contributed by atoms with van der Waals surface area (Å²) in [4.78, 5) is 2.61. The molecule has 2 saturated heterocycles. The number of piperidine rings is 1. The topological polar surface area (TPSA) is 23.5 Å². The van der Waals surface area contributed by atoms with Gasteiger partial charge < -0.3 is 5.11 Å². The van der Waals surface area contributed by atoms with Crippen LogP contribution < -0.4 is 0 Å². The van der Waals surface area contributed by atoms with Crippen molar-refractivity contribution in [2.24, 2.45) is 0 Å². The van der Waals surface area contributed by atoms with Gasteiger partial charge in [0.1, 0.15) is 0 Å². The van der Waals surface area contributed by atoms with E-state index >= 15 is 0 Å². The van der Waals surface area contributed by atoms with Crippen LogP contribution in [0.3, 0.4) is 0 Å². The van der Waals surface area contributed by atoms with E-state index in [4.69, 9.17) is 0 Å². The van der Waals surface area contributed by atoms with Gasteiger partial charge in [-0.3, -0.25) is 4.90 Å². The monoisotopic (exact) mass is 371 g/mol. The second kappa shape index (κ2) is 6.04. The summed E-state index contributed by atoms with van der Waals surface area (Å²) in [6.45, 7) is 1.00. The molecule has 2 bridgehead atoms. The molecule has 2 aromatic carbocycles. The molecule has 2 aliphatic rings. The number of fused-ring (bicyclic) bond motifs is 2. The largest absolute Gasteiger partial charge is 0.385 e. The number of hydrogen-bond acceptors (Lipinski definition) is 2. The van der Waals surface area contributed by atoms with Gasteiger partial charge in [-0.1, -0.05) is 58.4 Å². The van der Waals surface area contributed by atoms with E-state index in [0.29, 0.717) is 12.1 Å². The summed E-state index contributed by atoms with van der Waals surface area (Å²) in [6, 6.07) is 19.8. The predicted octanol–water partition coefficient (Wildman–Crippen LogP) is 4.46. The van der Waals surface area contributed by atoms with Crippen LogP contribution in [0.25, 0.3) is 0 Å². The van der Waals surface area contributed by atoms with Crippen LogP contribution in [-0.2, 0) is 12.1 Å². The van der Waals surface area contributed by atoms with Gasteiger partial charge in [0.25, 0.3) is 0 Å². The van der Waals surface area contributed by atoms with Crippen LogP contribution in [0.4, 0.5) is 0 Å². The summed E-state index contributed by atoms with van der Waals surface area (Å²) < 4.78 is 1.04. The maximum Gasteiger partial charge on any atom is 0.0926 e. The molecule has 4 rings (SSSR count). The molecule has 23 heavy (non-hydrogen) atoms. The first-order chi connectivity index (χ1) is 11.1. The minimum Gasteiger partial charge on any atom is -0.385 e. The fourth-order valence-electron chi connectivity index (χ4n) is 4.38. The highest BCUT2D eigenvalue weighted by atomic mass is 79.9. The predicted molar refractivity (Wildman–Crippen MR) is 96.1 cm³/mol. The Kier molecular flexibility index (Phi) is 4.04. The zero-order valence-corrected chi connectivity index (χ0v) is 14.7. The van der Waals surface area contributed by atoms with E-state index in [0.717, 1.165) is 29.4 Å². The molecule has 1 N–H and O–H groups in total. The van der Waals surface area contributed by atoms with Crippen molar-refractivity contribution in [3.05, 3.63) is 70.2 Å². The Morgan fingerprint density at radius 1 is 1.00 bits per heavy atom. The molecule has 2 heterocycles. The molecular weight excluding hydrogens is 350 g/mol. The lowest BCUT2D eigenvalue weighted by Crippen LogP contribution is -2.49. The molecule has 2 unspecified atom stereocenters. The SMILES string of the molecule is OC1(c2cccc(Br)c2)CC2CCC(C1)N2Cc1ccccc1. The van der Waals surface area contributed by atoms with Crippen LogP contribution in [0.15, 0.2) is 59.1 Å². The van der Waals surface area contributed by atoms with E-state index in [-0.39, 0.29) is 0 Å². The lowest BCUT2D eigenvalue weighted by molar-refractivity contribution is -0.0595. The van der Waals surface area contributed by atoms with Gasteiger partial charge in [-0.2, -0.15) is 0 Å². The summed E-state index contributed by atoms with van der Waals surface area (Å²) in [6.07, 6.45) is 4.08. The van der Waals surface area contributed by atoms with Crippen LogP contribution in [0.1, 0.15) is 36.8 Å². The summed E-state index contributed by atoms with van der Waals surface area (Å²) in [7, 11) is 0. The molecule has 0 saturated carbocycles. The van der Waals surface area contributed by atoms with Crippen molar-refractivity contribution in [1.29, 1.82) is 0 Å². The smallest absolute Gasteiger partial charge is 0.0926 e. The highest BCUT2D eigenvalue weighted by Gasteiger charge is 2.48. The van der Waals surface area contributed by atoms with Crippen molar-refractivity contribution in [2.75, 3.05) is 0 Å². The van der Waals surface area contributed by atoms with Gasteiger partial charge in [0, 0.05) is 23.1 Å². The van der Waals surface area contributed by atoms with Gasteiger partial charge in [0.2, 0.25) is 0 Å². The van der Waals surface area contributed by atoms with E-state index in [1.807, 2.05) is 12.1 Å². The Labute approximate surface area is 146 Å². The molecule has 3 heteroatoms. The second-order valence-electron chi connectivity index (χ2n) is 6.99. The number of rotatable bonds is 3. The normalized spacial score (nSPS) is 30.5. The minimum absolute atomic E-state index is 0.484. The summed E-state index contributed by atoms with van der Waals surface area (Å²) >= 11 is 3.53. The van der Waals surface area contributed by atoms with E-state index in [9.17, 15) is 5.11 Å². The van der Waals surface area contributed by atoms with Crippen molar-refractivity contribution in [2.45, 2.75) is 49.9 Å². The van der Waals surface area contributed by atoms with Crippen LogP contribution in [0, 0.1) is 0 Å². The van der Waals surface area contributed by atoms with Gasteiger partial charge >= 0.3 is 0 Å². The molecule has 2 fully saturated rings. The van der Waals surface area contributed by atoms with Crippen molar-refractivity contribution >= 4 is 15.9 Å². The molecular formula is C20H22BrNO. The lowest BCUT2D eigenvalue weighted by Gasteiger charge is -2.44. The van der Waals surface area contributed by atoms with Crippen LogP contribution in [-0.4, -0.2) is 22.1 Å².